The Morgan fingerprint density at radius 3 is 2.45 bits per heavy atom. The number of halogens is 3. The van der Waals surface area contributed by atoms with Gasteiger partial charge in [0.25, 0.3) is 0 Å². The van der Waals surface area contributed by atoms with Crippen molar-refractivity contribution in [2.45, 2.75) is 25.0 Å². The van der Waals surface area contributed by atoms with Crippen molar-refractivity contribution < 1.29 is 26.3 Å². The minimum atomic E-state index is -5.24. The van der Waals surface area contributed by atoms with Crippen LogP contribution in [0.3, 0.4) is 0 Å². The van der Waals surface area contributed by atoms with Crippen LogP contribution in [0.5, 0.6) is 0 Å². The lowest BCUT2D eigenvalue weighted by Gasteiger charge is -2.31. The zero-order chi connectivity index (χ0) is 21.3. The summed E-state index contributed by atoms with van der Waals surface area (Å²) in [5.74, 6) is 0.640. The van der Waals surface area contributed by atoms with Crippen molar-refractivity contribution in [3.05, 3.63) is 35.9 Å². The van der Waals surface area contributed by atoms with Crippen molar-refractivity contribution in [3.8, 4) is 0 Å². The maximum absolute atomic E-state index is 12.6. The highest BCUT2D eigenvalue weighted by molar-refractivity contribution is 7.90. The van der Waals surface area contributed by atoms with Gasteiger partial charge in [-0.05, 0) is 24.3 Å². The van der Waals surface area contributed by atoms with Gasteiger partial charge in [-0.3, -0.25) is 4.99 Å². The van der Waals surface area contributed by atoms with Gasteiger partial charge in [-0.25, -0.2) is 8.42 Å². The second kappa shape index (κ2) is 10.8. The first-order valence-corrected chi connectivity index (χ1v) is 10.8. The van der Waals surface area contributed by atoms with E-state index in [1.54, 1.807) is 7.05 Å². The standard InChI is InChI=1S/C18H27F3N4O3S/c1-22-17(23-9-12-28-14-16-5-3-2-4-6-16)24-13-15-7-10-25(11-8-15)29(26,27)18(19,20)21/h2-6,15H,7-14H2,1H3,(H2,22,23,24). The summed E-state index contributed by atoms with van der Waals surface area (Å²) in [5, 5.41) is 6.23. The van der Waals surface area contributed by atoms with E-state index in [0.29, 0.717) is 49.4 Å². The lowest BCUT2D eigenvalue weighted by molar-refractivity contribution is -0.0496. The second-order valence-electron chi connectivity index (χ2n) is 6.71. The van der Waals surface area contributed by atoms with E-state index in [2.05, 4.69) is 15.6 Å². The van der Waals surface area contributed by atoms with E-state index in [-0.39, 0.29) is 19.0 Å². The summed E-state index contributed by atoms with van der Waals surface area (Å²) in [6.45, 7) is 1.80. The summed E-state index contributed by atoms with van der Waals surface area (Å²) >= 11 is 0. The van der Waals surface area contributed by atoms with Crippen LogP contribution < -0.4 is 10.6 Å². The van der Waals surface area contributed by atoms with Gasteiger partial charge in [-0.15, -0.1) is 0 Å². The van der Waals surface area contributed by atoms with Crippen LogP contribution in [0.25, 0.3) is 0 Å². The number of ether oxygens (including phenoxy) is 1. The van der Waals surface area contributed by atoms with Crippen LogP contribution in [-0.2, 0) is 21.4 Å². The number of nitrogens with one attached hydrogen (secondary N) is 2. The van der Waals surface area contributed by atoms with Gasteiger partial charge in [-0.2, -0.15) is 17.5 Å². The maximum atomic E-state index is 12.6. The van der Waals surface area contributed by atoms with E-state index in [9.17, 15) is 21.6 Å². The minimum absolute atomic E-state index is 0.0718. The molecule has 1 aliphatic heterocycles. The van der Waals surface area contributed by atoms with E-state index in [4.69, 9.17) is 4.74 Å². The molecule has 0 radical (unpaired) electrons. The van der Waals surface area contributed by atoms with Gasteiger partial charge in [0.1, 0.15) is 0 Å². The summed E-state index contributed by atoms with van der Waals surface area (Å²) in [7, 11) is -3.61. The number of hydrogen-bond acceptors (Lipinski definition) is 4. The normalized spacial score (nSPS) is 17.3. The van der Waals surface area contributed by atoms with Crippen LogP contribution in [0.2, 0.25) is 0 Å². The van der Waals surface area contributed by atoms with Crippen molar-refractivity contribution in [3.63, 3.8) is 0 Å². The molecule has 0 spiro atoms. The Kier molecular flexibility index (Phi) is 8.72. The van der Waals surface area contributed by atoms with Crippen molar-refractivity contribution in [2.75, 3.05) is 39.8 Å². The van der Waals surface area contributed by atoms with E-state index >= 15 is 0 Å². The number of piperidine rings is 1. The first-order valence-electron chi connectivity index (χ1n) is 9.36. The molecule has 1 aromatic carbocycles. The van der Waals surface area contributed by atoms with Gasteiger partial charge < -0.3 is 15.4 Å². The average Bonchev–Trinajstić information content (AvgIpc) is 2.70. The Bertz CT molecular complexity index is 749. The van der Waals surface area contributed by atoms with Gasteiger partial charge in [0.05, 0.1) is 13.2 Å². The number of guanidine groups is 1. The third kappa shape index (κ3) is 7.16. The molecule has 1 heterocycles. The molecule has 0 aromatic heterocycles. The summed E-state index contributed by atoms with van der Waals surface area (Å²) in [6, 6.07) is 9.82. The number of nitrogens with zero attached hydrogens (tertiary/aromatic N) is 2. The van der Waals surface area contributed by atoms with Crippen LogP contribution in [0.15, 0.2) is 35.3 Å². The molecule has 0 amide bonds. The predicted octanol–water partition coefficient (Wildman–Crippen LogP) is 1.93. The molecule has 11 heteroatoms. The molecule has 7 nitrogen and oxygen atoms in total. The molecule has 0 unspecified atom stereocenters. The predicted molar refractivity (Wildman–Crippen MR) is 105 cm³/mol. The molecule has 1 aromatic rings. The number of alkyl halides is 3. The quantitative estimate of drug-likeness (QED) is 0.370. The zero-order valence-electron chi connectivity index (χ0n) is 16.3. The fraction of sp³-hybridized carbons (Fsp3) is 0.611. The Hall–Kier alpha value is -1.85. The minimum Gasteiger partial charge on any atom is -0.375 e. The van der Waals surface area contributed by atoms with Gasteiger partial charge >= 0.3 is 15.5 Å². The SMILES string of the molecule is CN=C(NCCOCc1ccccc1)NCC1CCN(S(=O)(=O)C(F)(F)F)CC1. The van der Waals surface area contributed by atoms with E-state index in [1.165, 1.54) is 0 Å². The summed E-state index contributed by atoms with van der Waals surface area (Å²) in [4.78, 5) is 4.10. The molecule has 164 valence electrons. The molecule has 0 saturated carbocycles. The second-order valence-corrected chi connectivity index (χ2v) is 8.64. The first-order chi connectivity index (χ1) is 13.7. The fourth-order valence-electron chi connectivity index (χ4n) is 2.97. The molecule has 1 aliphatic rings. The van der Waals surface area contributed by atoms with Crippen molar-refractivity contribution in [1.29, 1.82) is 0 Å². The van der Waals surface area contributed by atoms with Crippen LogP contribution in [-0.4, -0.2) is 64.0 Å². The van der Waals surface area contributed by atoms with Gasteiger partial charge in [-0.1, -0.05) is 30.3 Å². The third-order valence-electron chi connectivity index (χ3n) is 4.64. The lowest BCUT2D eigenvalue weighted by Crippen LogP contribution is -2.47. The Balaban J connectivity index is 1.63. The number of aliphatic imine (C=N–C) groups is 1. The molecular weight excluding hydrogens is 409 g/mol. The molecule has 2 rings (SSSR count). The van der Waals surface area contributed by atoms with Crippen LogP contribution in [0.1, 0.15) is 18.4 Å². The number of rotatable bonds is 8. The Morgan fingerprint density at radius 1 is 1.21 bits per heavy atom. The summed E-state index contributed by atoms with van der Waals surface area (Å²) < 4.78 is 66.8. The molecule has 1 saturated heterocycles. The first kappa shape index (κ1) is 23.4. The maximum Gasteiger partial charge on any atom is 0.511 e. The molecular formula is C18H27F3N4O3S. The zero-order valence-corrected chi connectivity index (χ0v) is 17.1. The van der Waals surface area contributed by atoms with Crippen LogP contribution in [0, 0.1) is 5.92 Å². The average molecular weight is 437 g/mol. The van der Waals surface area contributed by atoms with Gasteiger partial charge in [0.2, 0.25) is 0 Å². The smallest absolute Gasteiger partial charge is 0.375 e. The van der Waals surface area contributed by atoms with E-state index in [0.717, 1.165) is 5.56 Å². The highest BCUT2D eigenvalue weighted by Gasteiger charge is 2.50. The largest absolute Gasteiger partial charge is 0.511 e. The van der Waals surface area contributed by atoms with Crippen LogP contribution in [0.4, 0.5) is 13.2 Å². The summed E-state index contributed by atoms with van der Waals surface area (Å²) in [5.41, 5.74) is -4.15. The van der Waals surface area contributed by atoms with Crippen LogP contribution >= 0.6 is 0 Å². The number of hydrogen-bond donors (Lipinski definition) is 2. The Morgan fingerprint density at radius 2 is 1.86 bits per heavy atom. The Labute approximate surface area is 169 Å². The van der Waals surface area contributed by atoms with Gasteiger partial charge in [0, 0.05) is 33.2 Å². The third-order valence-corrected chi connectivity index (χ3v) is 6.27. The number of sulfonamides is 1. The molecule has 0 aliphatic carbocycles. The fourth-order valence-corrected chi connectivity index (χ4v) is 3.95. The van der Waals surface area contributed by atoms with E-state index in [1.807, 2.05) is 30.3 Å². The highest BCUT2D eigenvalue weighted by atomic mass is 32.2. The number of benzene rings is 1. The molecule has 2 N–H and O–H groups in total. The topological polar surface area (TPSA) is 83.0 Å². The monoisotopic (exact) mass is 436 g/mol. The van der Waals surface area contributed by atoms with Crippen molar-refractivity contribution >= 4 is 16.0 Å². The lowest BCUT2D eigenvalue weighted by atomic mass is 9.98. The molecule has 0 bridgehead atoms. The van der Waals surface area contributed by atoms with Crippen molar-refractivity contribution in [2.24, 2.45) is 10.9 Å². The molecule has 29 heavy (non-hydrogen) atoms. The molecule has 1 fully saturated rings. The van der Waals surface area contributed by atoms with Gasteiger partial charge in [0.15, 0.2) is 5.96 Å². The summed E-state index contributed by atoms with van der Waals surface area (Å²) in [6.07, 6.45) is 0.721. The van der Waals surface area contributed by atoms with Crippen molar-refractivity contribution in [1.82, 2.24) is 14.9 Å². The molecule has 0 atom stereocenters. The highest BCUT2D eigenvalue weighted by Crippen LogP contribution is 2.30. The van der Waals surface area contributed by atoms with E-state index < -0.39 is 15.5 Å².